The molecule has 3 heteroatoms. The smallest absolute Gasteiger partial charge is 0.0721 e. The Labute approximate surface area is 76.2 Å². The average molecular weight is 171 g/mol. The van der Waals surface area contributed by atoms with Crippen molar-refractivity contribution in [3.05, 3.63) is 36.2 Å². The molecule has 13 heavy (non-hydrogen) atoms. The molecule has 0 fully saturated rings. The molecule has 2 rings (SSSR count). The van der Waals surface area contributed by atoms with Gasteiger partial charge in [-0.05, 0) is 19.1 Å². The molecule has 1 atom stereocenters. The molecule has 0 radical (unpaired) electrons. The van der Waals surface area contributed by atoms with E-state index in [1.165, 1.54) is 0 Å². The molecule has 0 aromatic carbocycles. The Bertz CT molecular complexity index is 464. The maximum absolute atomic E-state index is 8.78. The Hall–Kier alpha value is -1.82. The summed E-state index contributed by atoms with van der Waals surface area (Å²) in [6.45, 7) is 1.88. The van der Waals surface area contributed by atoms with Crippen LogP contribution >= 0.6 is 0 Å². The van der Waals surface area contributed by atoms with E-state index in [0.29, 0.717) is 0 Å². The summed E-state index contributed by atoms with van der Waals surface area (Å²) in [4.78, 5) is 0. The highest BCUT2D eigenvalue weighted by Crippen LogP contribution is 2.19. The number of pyridine rings is 1. The van der Waals surface area contributed by atoms with Gasteiger partial charge >= 0.3 is 0 Å². The van der Waals surface area contributed by atoms with E-state index in [1.807, 2.05) is 31.3 Å². The highest BCUT2D eigenvalue weighted by molar-refractivity contribution is 5.56. The predicted octanol–water partition coefficient (Wildman–Crippen LogP) is 1.96. The summed E-state index contributed by atoms with van der Waals surface area (Å²) in [5, 5.41) is 12.9. The van der Waals surface area contributed by atoms with Crippen molar-refractivity contribution in [3.8, 4) is 6.07 Å². The van der Waals surface area contributed by atoms with Gasteiger partial charge in [-0.15, -0.1) is 0 Å². The Balaban J connectivity index is 2.66. The second kappa shape index (κ2) is 2.91. The maximum Gasteiger partial charge on any atom is 0.0721 e. The lowest BCUT2D eigenvalue weighted by molar-refractivity contribution is 0.961. The zero-order chi connectivity index (χ0) is 9.26. The number of fused-ring (bicyclic) bond motifs is 1. The number of hydrogen-bond donors (Lipinski definition) is 0. The summed E-state index contributed by atoms with van der Waals surface area (Å²) in [5.41, 5.74) is 2.00. The molecule has 0 saturated heterocycles. The van der Waals surface area contributed by atoms with Gasteiger partial charge in [0.15, 0.2) is 0 Å². The topological polar surface area (TPSA) is 41.1 Å². The molecule has 0 spiro atoms. The summed E-state index contributed by atoms with van der Waals surface area (Å²) in [7, 11) is 0. The summed E-state index contributed by atoms with van der Waals surface area (Å²) in [5.74, 6) is -0.0973. The van der Waals surface area contributed by atoms with Gasteiger partial charge in [0.1, 0.15) is 0 Å². The minimum atomic E-state index is -0.0973. The standard InChI is InChI=1S/C10H9N3/c1-8(6-11)9-7-12-13-5-3-2-4-10(9)13/h2-5,7-8H,1H3. The normalized spacial score (nSPS) is 12.6. The van der Waals surface area contributed by atoms with E-state index >= 15 is 0 Å². The minimum absolute atomic E-state index is 0.0973. The first-order valence-electron chi connectivity index (χ1n) is 4.15. The van der Waals surface area contributed by atoms with Crippen molar-refractivity contribution in [2.24, 2.45) is 0 Å². The number of aromatic nitrogens is 2. The predicted molar refractivity (Wildman–Crippen MR) is 49.2 cm³/mol. The van der Waals surface area contributed by atoms with Crippen molar-refractivity contribution in [3.63, 3.8) is 0 Å². The van der Waals surface area contributed by atoms with Crippen LogP contribution in [0.25, 0.3) is 5.52 Å². The van der Waals surface area contributed by atoms with Gasteiger partial charge in [-0.2, -0.15) is 10.4 Å². The van der Waals surface area contributed by atoms with Crippen LogP contribution in [-0.4, -0.2) is 9.61 Å². The van der Waals surface area contributed by atoms with Crippen molar-refractivity contribution in [1.29, 1.82) is 5.26 Å². The molecule has 0 aliphatic heterocycles. The third-order valence-electron chi connectivity index (χ3n) is 2.12. The number of nitrogens with zero attached hydrogens (tertiary/aromatic N) is 3. The molecule has 3 nitrogen and oxygen atoms in total. The van der Waals surface area contributed by atoms with E-state index in [4.69, 9.17) is 5.26 Å². The molecular formula is C10H9N3. The molecule has 0 amide bonds. The van der Waals surface area contributed by atoms with Gasteiger partial charge in [-0.1, -0.05) is 6.07 Å². The lowest BCUT2D eigenvalue weighted by Gasteiger charge is -1.98. The summed E-state index contributed by atoms with van der Waals surface area (Å²) < 4.78 is 1.78. The first-order chi connectivity index (χ1) is 6.33. The third-order valence-corrected chi connectivity index (χ3v) is 2.12. The minimum Gasteiger partial charge on any atom is -0.241 e. The molecule has 0 saturated carbocycles. The average Bonchev–Trinajstić information content (AvgIpc) is 2.60. The Morgan fingerprint density at radius 3 is 3.15 bits per heavy atom. The zero-order valence-corrected chi connectivity index (χ0v) is 7.31. The molecule has 2 aromatic rings. The lowest BCUT2D eigenvalue weighted by atomic mass is 10.1. The highest BCUT2D eigenvalue weighted by atomic mass is 15.2. The second-order valence-electron chi connectivity index (χ2n) is 2.98. The van der Waals surface area contributed by atoms with Crippen molar-refractivity contribution in [2.45, 2.75) is 12.8 Å². The van der Waals surface area contributed by atoms with Gasteiger partial charge in [0.05, 0.1) is 23.7 Å². The van der Waals surface area contributed by atoms with E-state index in [0.717, 1.165) is 11.1 Å². The van der Waals surface area contributed by atoms with Crippen LogP contribution in [0.4, 0.5) is 0 Å². The van der Waals surface area contributed by atoms with Crippen LogP contribution in [0.3, 0.4) is 0 Å². The monoisotopic (exact) mass is 171 g/mol. The van der Waals surface area contributed by atoms with E-state index in [9.17, 15) is 0 Å². The van der Waals surface area contributed by atoms with Gasteiger partial charge in [-0.3, -0.25) is 0 Å². The number of hydrogen-bond acceptors (Lipinski definition) is 2. The molecule has 2 aromatic heterocycles. The van der Waals surface area contributed by atoms with Crippen LogP contribution in [0.5, 0.6) is 0 Å². The van der Waals surface area contributed by atoms with Crippen molar-refractivity contribution in [1.82, 2.24) is 9.61 Å². The van der Waals surface area contributed by atoms with Gasteiger partial charge in [0.2, 0.25) is 0 Å². The fraction of sp³-hybridized carbons (Fsp3) is 0.200. The Morgan fingerprint density at radius 1 is 1.54 bits per heavy atom. The second-order valence-corrected chi connectivity index (χ2v) is 2.98. The zero-order valence-electron chi connectivity index (χ0n) is 7.31. The molecule has 0 N–H and O–H groups in total. The van der Waals surface area contributed by atoms with Crippen molar-refractivity contribution in [2.75, 3.05) is 0 Å². The molecule has 2 heterocycles. The fourth-order valence-corrected chi connectivity index (χ4v) is 1.36. The Kier molecular flexibility index (Phi) is 1.75. The van der Waals surface area contributed by atoms with Crippen molar-refractivity contribution >= 4 is 5.52 Å². The quantitative estimate of drug-likeness (QED) is 0.658. The summed E-state index contributed by atoms with van der Waals surface area (Å²) >= 11 is 0. The van der Waals surface area contributed by atoms with E-state index in [-0.39, 0.29) is 5.92 Å². The first-order valence-corrected chi connectivity index (χ1v) is 4.15. The van der Waals surface area contributed by atoms with Crippen LogP contribution in [0.15, 0.2) is 30.6 Å². The van der Waals surface area contributed by atoms with Crippen LogP contribution in [0, 0.1) is 11.3 Å². The van der Waals surface area contributed by atoms with Crippen LogP contribution in [0.2, 0.25) is 0 Å². The molecule has 0 bridgehead atoms. The third kappa shape index (κ3) is 1.17. The van der Waals surface area contributed by atoms with E-state index in [2.05, 4.69) is 11.2 Å². The fourth-order valence-electron chi connectivity index (χ4n) is 1.36. The molecule has 0 aliphatic rings. The van der Waals surface area contributed by atoms with Gasteiger partial charge in [-0.25, -0.2) is 4.52 Å². The summed E-state index contributed by atoms with van der Waals surface area (Å²) in [6, 6.07) is 8.04. The van der Waals surface area contributed by atoms with Gasteiger partial charge in [0, 0.05) is 11.8 Å². The summed E-state index contributed by atoms with van der Waals surface area (Å²) in [6.07, 6.45) is 3.63. The van der Waals surface area contributed by atoms with Crippen LogP contribution < -0.4 is 0 Å². The maximum atomic E-state index is 8.78. The highest BCUT2D eigenvalue weighted by Gasteiger charge is 2.09. The SMILES string of the molecule is CC(C#N)c1cnn2ccccc12. The van der Waals surface area contributed by atoms with E-state index < -0.39 is 0 Å². The largest absolute Gasteiger partial charge is 0.241 e. The van der Waals surface area contributed by atoms with Gasteiger partial charge in [0.25, 0.3) is 0 Å². The number of rotatable bonds is 1. The Morgan fingerprint density at radius 2 is 2.38 bits per heavy atom. The van der Waals surface area contributed by atoms with Gasteiger partial charge < -0.3 is 0 Å². The lowest BCUT2D eigenvalue weighted by Crippen LogP contribution is -1.88. The number of nitriles is 1. The van der Waals surface area contributed by atoms with E-state index in [1.54, 1.807) is 10.7 Å². The molecule has 0 aliphatic carbocycles. The van der Waals surface area contributed by atoms with Crippen LogP contribution in [0.1, 0.15) is 18.4 Å². The molecule has 1 unspecified atom stereocenters. The molecule has 64 valence electrons. The molecular weight excluding hydrogens is 162 g/mol. The van der Waals surface area contributed by atoms with Crippen LogP contribution in [-0.2, 0) is 0 Å². The van der Waals surface area contributed by atoms with Crippen molar-refractivity contribution < 1.29 is 0 Å². The first kappa shape index (κ1) is 7.81.